The molecular weight excluding hydrogens is 286 g/mol. The largest absolute Gasteiger partial charge is 0.486 e. The van der Waals surface area contributed by atoms with Crippen molar-refractivity contribution in [2.24, 2.45) is 0 Å². The Morgan fingerprint density at radius 2 is 2.09 bits per heavy atom. The molecule has 110 valence electrons. The zero-order valence-electron chi connectivity index (χ0n) is 11.4. The zero-order valence-corrected chi connectivity index (χ0v) is 11.4. The third-order valence-corrected chi connectivity index (χ3v) is 2.67. The average Bonchev–Trinajstić information content (AvgIpc) is 2.52. The fourth-order valence-corrected chi connectivity index (χ4v) is 1.61. The molecule has 0 aliphatic carbocycles. The Hall–Kier alpha value is -3.33. The third-order valence-electron chi connectivity index (χ3n) is 2.67. The van der Waals surface area contributed by atoms with Crippen molar-refractivity contribution in [1.82, 2.24) is 0 Å². The van der Waals surface area contributed by atoms with Gasteiger partial charge in [0.05, 0.1) is 6.57 Å². The van der Waals surface area contributed by atoms with Gasteiger partial charge in [-0.2, -0.15) is 0 Å². The van der Waals surface area contributed by atoms with Gasteiger partial charge >= 0.3 is 5.97 Å². The molecule has 0 radical (unpaired) electrons. The predicted octanol–water partition coefficient (Wildman–Crippen LogP) is 2.56. The van der Waals surface area contributed by atoms with Gasteiger partial charge < -0.3 is 14.3 Å². The van der Waals surface area contributed by atoms with Crippen LogP contribution in [0.4, 0.5) is 0 Å². The standard InChI is InChI=1S/C16H11NO5/c1-17-13(16(19)20)7-12-8-14(18)15(10-21-12)22-9-11-5-3-2-4-6-11/h2-8,10H,9H2,(H,19,20). The summed E-state index contributed by atoms with van der Waals surface area (Å²) in [6.45, 7) is 6.94. The van der Waals surface area contributed by atoms with Gasteiger partial charge in [0.25, 0.3) is 5.70 Å². The van der Waals surface area contributed by atoms with Crippen LogP contribution in [0.15, 0.2) is 57.6 Å². The lowest BCUT2D eigenvalue weighted by atomic mass is 10.2. The van der Waals surface area contributed by atoms with Crippen LogP contribution in [-0.2, 0) is 11.4 Å². The lowest BCUT2D eigenvalue weighted by Gasteiger charge is -2.05. The molecular formula is C16H11NO5. The number of benzene rings is 1. The number of nitrogens with zero attached hydrogens (tertiary/aromatic N) is 1. The van der Waals surface area contributed by atoms with Gasteiger partial charge in [-0.3, -0.25) is 9.59 Å². The maximum absolute atomic E-state index is 11.9. The molecule has 1 aromatic heterocycles. The van der Waals surface area contributed by atoms with E-state index >= 15 is 0 Å². The second kappa shape index (κ2) is 6.90. The number of rotatable bonds is 5. The maximum Gasteiger partial charge on any atom is 0.333 e. The molecule has 2 aromatic rings. The highest BCUT2D eigenvalue weighted by Crippen LogP contribution is 2.12. The Morgan fingerprint density at radius 1 is 1.36 bits per heavy atom. The number of carboxylic acid groups (broad SMARTS) is 1. The molecule has 0 unspecified atom stereocenters. The SMILES string of the molecule is [C-]#[N+]C(=Cc1cc(=O)c(OCc2ccccc2)co1)C(=O)O. The molecule has 1 N–H and O–H groups in total. The Kier molecular flexibility index (Phi) is 4.73. The molecule has 0 saturated carbocycles. The first-order valence-electron chi connectivity index (χ1n) is 6.22. The van der Waals surface area contributed by atoms with Crippen molar-refractivity contribution in [2.45, 2.75) is 6.61 Å². The Balaban J connectivity index is 2.15. The number of ether oxygens (including phenoxy) is 1. The van der Waals surface area contributed by atoms with Crippen molar-refractivity contribution in [1.29, 1.82) is 0 Å². The molecule has 22 heavy (non-hydrogen) atoms. The lowest BCUT2D eigenvalue weighted by Crippen LogP contribution is -2.07. The average molecular weight is 297 g/mol. The van der Waals surface area contributed by atoms with Crippen LogP contribution in [0.5, 0.6) is 5.75 Å². The number of carbonyl (C=O) groups is 1. The molecule has 0 amide bonds. The molecule has 0 aliphatic rings. The van der Waals surface area contributed by atoms with Gasteiger partial charge in [0.2, 0.25) is 11.2 Å². The van der Waals surface area contributed by atoms with Crippen LogP contribution in [0.3, 0.4) is 0 Å². The zero-order chi connectivity index (χ0) is 15.9. The van der Waals surface area contributed by atoms with E-state index in [0.29, 0.717) is 0 Å². The van der Waals surface area contributed by atoms with Crippen molar-refractivity contribution < 1.29 is 19.1 Å². The van der Waals surface area contributed by atoms with E-state index < -0.39 is 17.1 Å². The molecule has 2 rings (SSSR count). The molecule has 1 aromatic carbocycles. The van der Waals surface area contributed by atoms with Crippen LogP contribution in [0, 0.1) is 6.57 Å². The smallest absolute Gasteiger partial charge is 0.333 e. The van der Waals surface area contributed by atoms with E-state index in [2.05, 4.69) is 4.85 Å². The summed E-state index contributed by atoms with van der Waals surface area (Å²) in [5.74, 6) is -1.40. The van der Waals surface area contributed by atoms with Gasteiger partial charge in [0.1, 0.15) is 18.6 Å². The summed E-state index contributed by atoms with van der Waals surface area (Å²) in [7, 11) is 0. The van der Waals surface area contributed by atoms with Crippen molar-refractivity contribution >= 4 is 12.0 Å². The predicted molar refractivity (Wildman–Crippen MR) is 78.0 cm³/mol. The summed E-state index contributed by atoms with van der Waals surface area (Å²) in [6, 6.07) is 10.4. The molecule has 0 spiro atoms. The maximum atomic E-state index is 11.9. The third kappa shape index (κ3) is 3.84. The summed E-state index contributed by atoms with van der Waals surface area (Å²) in [6.07, 6.45) is 2.08. The molecule has 1 heterocycles. The fourth-order valence-electron chi connectivity index (χ4n) is 1.61. The topological polar surface area (TPSA) is 81.1 Å². The number of carboxylic acids is 1. The van der Waals surface area contributed by atoms with Crippen molar-refractivity contribution in [3.8, 4) is 5.75 Å². The van der Waals surface area contributed by atoms with Gasteiger partial charge in [-0.25, -0.2) is 4.85 Å². The lowest BCUT2D eigenvalue weighted by molar-refractivity contribution is -0.132. The normalized spacial score (nSPS) is 10.8. The van der Waals surface area contributed by atoms with E-state index in [0.717, 1.165) is 24.0 Å². The van der Waals surface area contributed by atoms with Crippen molar-refractivity contribution in [2.75, 3.05) is 0 Å². The van der Waals surface area contributed by atoms with E-state index in [1.54, 1.807) is 0 Å². The molecule has 0 atom stereocenters. The molecule has 6 heteroatoms. The van der Waals surface area contributed by atoms with Gasteiger partial charge in [-0.15, -0.1) is 0 Å². The first kappa shape index (κ1) is 15.1. The van der Waals surface area contributed by atoms with E-state index in [-0.39, 0.29) is 18.1 Å². The molecule has 6 nitrogen and oxygen atoms in total. The monoisotopic (exact) mass is 297 g/mol. The summed E-state index contributed by atoms with van der Waals surface area (Å²) in [4.78, 5) is 25.4. The van der Waals surface area contributed by atoms with E-state index in [4.69, 9.17) is 20.8 Å². The van der Waals surface area contributed by atoms with Crippen LogP contribution in [0.25, 0.3) is 10.9 Å². The molecule has 0 saturated heterocycles. The minimum absolute atomic E-state index is 0.0145. The van der Waals surface area contributed by atoms with Gasteiger partial charge in [-0.05, 0) is 11.6 Å². The minimum atomic E-state index is -1.39. The molecule has 0 aliphatic heterocycles. The minimum Gasteiger partial charge on any atom is -0.486 e. The van der Waals surface area contributed by atoms with E-state index in [9.17, 15) is 9.59 Å². The van der Waals surface area contributed by atoms with E-state index in [1.165, 1.54) is 0 Å². The first-order chi connectivity index (χ1) is 10.6. The molecule has 0 fully saturated rings. The highest BCUT2D eigenvalue weighted by atomic mass is 16.5. The highest BCUT2D eigenvalue weighted by Gasteiger charge is 2.09. The highest BCUT2D eigenvalue weighted by molar-refractivity contribution is 5.93. The Morgan fingerprint density at radius 3 is 2.68 bits per heavy atom. The van der Waals surface area contributed by atoms with Crippen LogP contribution in [0.1, 0.15) is 11.3 Å². The van der Waals surface area contributed by atoms with Gasteiger partial charge in [-0.1, -0.05) is 30.3 Å². The van der Waals surface area contributed by atoms with Gasteiger partial charge in [0, 0.05) is 6.07 Å². The number of hydrogen-bond acceptors (Lipinski definition) is 4. The van der Waals surface area contributed by atoms with Gasteiger partial charge in [0.15, 0.2) is 0 Å². The first-order valence-corrected chi connectivity index (χ1v) is 6.22. The summed E-state index contributed by atoms with van der Waals surface area (Å²) < 4.78 is 10.5. The summed E-state index contributed by atoms with van der Waals surface area (Å²) in [5.41, 5.74) is -0.101. The Bertz CT molecular complexity index is 799. The van der Waals surface area contributed by atoms with E-state index in [1.807, 2.05) is 30.3 Å². The quantitative estimate of drug-likeness (QED) is 0.677. The van der Waals surface area contributed by atoms with Crippen molar-refractivity contribution in [3.63, 3.8) is 0 Å². The second-order valence-corrected chi connectivity index (χ2v) is 4.23. The summed E-state index contributed by atoms with van der Waals surface area (Å²) in [5, 5.41) is 8.74. The fraction of sp³-hybridized carbons (Fsp3) is 0.0625. The van der Waals surface area contributed by atoms with Crippen LogP contribution in [0.2, 0.25) is 0 Å². The second-order valence-electron chi connectivity index (χ2n) is 4.23. The van der Waals surface area contributed by atoms with Crippen molar-refractivity contribution in [3.05, 3.63) is 81.3 Å². The Labute approximate surface area is 125 Å². The van der Waals surface area contributed by atoms with Crippen LogP contribution < -0.4 is 10.2 Å². The van der Waals surface area contributed by atoms with Crippen LogP contribution >= 0.6 is 0 Å². The number of hydrogen-bond donors (Lipinski definition) is 1. The molecule has 0 bridgehead atoms. The van der Waals surface area contributed by atoms with Crippen LogP contribution in [-0.4, -0.2) is 11.1 Å². The number of aliphatic carboxylic acids is 1. The summed E-state index contributed by atoms with van der Waals surface area (Å²) >= 11 is 0.